The molecule has 1 saturated carbocycles. The zero-order chi connectivity index (χ0) is 18.4. The van der Waals surface area contributed by atoms with Crippen molar-refractivity contribution in [3.05, 3.63) is 29.7 Å². The highest BCUT2D eigenvalue weighted by molar-refractivity contribution is 6.32. The Balaban J connectivity index is 1.70. The average Bonchev–Trinajstić information content (AvgIpc) is 3.39. The van der Waals surface area contributed by atoms with Gasteiger partial charge in [-0.25, -0.2) is 9.97 Å². The second-order valence-electron chi connectivity index (χ2n) is 7.16. The summed E-state index contributed by atoms with van der Waals surface area (Å²) < 4.78 is 2.29. The number of nitrogens with one attached hydrogen (secondary N) is 2. The number of aromatic nitrogens is 6. The summed E-state index contributed by atoms with van der Waals surface area (Å²) in [6.45, 7) is 0. The van der Waals surface area contributed by atoms with Crippen LogP contribution in [0.4, 0.5) is 0 Å². The van der Waals surface area contributed by atoms with Gasteiger partial charge in [0.1, 0.15) is 16.9 Å². The molecule has 0 spiro atoms. The van der Waals surface area contributed by atoms with Crippen molar-refractivity contribution in [1.82, 2.24) is 29.7 Å². The highest BCUT2D eigenvalue weighted by atomic mass is 35.5. The number of nitrogens with zero attached hydrogens (tertiary/aromatic N) is 5. The molecule has 0 saturated heterocycles. The van der Waals surface area contributed by atoms with E-state index in [0.717, 1.165) is 53.6 Å². The van der Waals surface area contributed by atoms with E-state index in [-0.39, 0.29) is 0 Å². The van der Waals surface area contributed by atoms with E-state index < -0.39 is 0 Å². The van der Waals surface area contributed by atoms with Gasteiger partial charge in [0, 0.05) is 30.2 Å². The summed E-state index contributed by atoms with van der Waals surface area (Å²) >= 11 is 6.37. The van der Waals surface area contributed by atoms with Gasteiger partial charge in [0.05, 0.1) is 22.8 Å². The van der Waals surface area contributed by atoms with Gasteiger partial charge in [-0.05, 0) is 37.7 Å². The van der Waals surface area contributed by atoms with E-state index in [2.05, 4.69) is 30.8 Å². The lowest BCUT2D eigenvalue weighted by atomic mass is 9.84. The van der Waals surface area contributed by atoms with Crippen LogP contribution >= 0.6 is 11.6 Å². The van der Waals surface area contributed by atoms with Gasteiger partial charge >= 0.3 is 0 Å². The topological polar surface area (TPSA) is 99.0 Å². The van der Waals surface area contributed by atoms with Crippen LogP contribution in [0.3, 0.4) is 0 Å². The Bertz CT molecular complexity index is 1150. The van der Waals surface area contributed by atoms with Gasteiger partial charge in [-0.1, -0.05) is 11.6 Å². The van der Waals surface area contributed by atoms with Crippen LogP contribution in [0.1, 0.15) is 38.1 Å². The zero-order valence-electron chi connectivity index (χ0n) is 14.6. The van der Waals surface area contributed by atoms with Crippen LogP contribution in [0.2, 0.25) is 5.02 Å². The summed E-state index contributed by atoms with van der Waals surface area (Å²) in [5, 5.41) is 17.8. The summed E-state index contributed by atoms with van der Waals surface area (Å²) in [4.78, 5) is 12.5. The van der Waals surface area contributed by atoms with E-state index in [1.165, 1.54) is 0 Å². The molecule has 8 heteroatoms. The second-order valence-corrected chi connectivity index (χ2v) is 7.56. The van der Waals surface area contributed by atoms with Gasteiger partial charge in [0.15, 0.2) is 5.82 Å². The van der Waals surface area contributed by atoms with E-state index in [4.69, 9.17) is 21.8 Å². The van der Waals surface area contributed by atoms with Crippen molar-refractivity contribution >= 4 is 33.7 Å². The molecule has 136 valence electrons. The molecule has 0 bridgehead atoms. The maximum Gasteiger partial charge on any atom is 0.163 e. The average molecular weight is 380 g/mol. The van der Waals surface area contributed by atoms with Gasteiger partial charge in [-0.3, -0.25) is 5.10 Å². The van der Waals surface area contributed by atoms with Gasteiger partial charge < -0.3 is 9.55 Å². The molecule has 0 unspecified atom stereocenters. The number of imidazole rings is 1. The Hall–Kier alpha value is -2.85. The summed E-state index contributed by atoms with van der Waals surface area (Å²) in [5.41, 5.74) is 3.42. The van der Waals surface area contributed by atoms with E-state index in [1.54, 1.807) is 12.4 Å². The first kappa shape index (κ1) is 16.3. The minimum atomic E-state index is 0.299. The molecular weight excluding hydrogens is 362 g/mol. The van der Waals surface area contributed by atoms with Crippen molar-refractivity contribution in [2.75, 3.05) is 0 Å². The zero-order valence-corrected chi connectivity index (χ0v) is 15.4. The molecule has 1 aliphatic rings. The fourth-order valence-corrected chi connectivity index (χ4v) is 4.46. The molecule has 27 heavy (non-hydrogen) atoms. The number of rotatable bonds is 3. The summed E-state index contributed by atoms with van der Waals surface area (Å²) in [5.74, 6) is 1.27. The molecule has 2 N–H and O–H groups in total. The molecule has 4 aromatic heterocycles. The Kier molecular flexibility index (Phi) is 3.87. The Labute approximate surface area is 160 Å². The monoisotopic (exact) mass is 379 g/mol. The highest BCUT2D eigenvalue weighted by Gasteiger charge is 2.28. The van der Waals surface area contributed by atoms with Gasteiger partial charge in [0.2, 0.25) is 0 Å². The fraction of sp³-hybridized carbons (Fsp3) is 0.368. The minimum absolute atomic E-state index is 0.299. The van der Waals surface area contributed by atoms with Gasteiger partial charge in [-0.2, -0.15) is 10.4 Å². The van der Waals surface area contributed by atoms with Gasteiger partial charge in [0.25, 0.3) is 0 Å². The molecule has 0 amide bonds. The molecule has 4 heterocycles. The SMILES string of the molecule is N#CCC1CCC(n2c(-c3n[nH]cc3Cl)nc3cnc4[nH]ccc4c32)CC1. The van der Waals surface area contributed by atoms with E-state index in [0.29, 0.717) is 29.1 Å². The van der Waals surface area contributed by atoms with E-state index >= 15 is 0 Å². The predicted molar refractivity (Wildman–Crippen MR) is 103 cm³/mol. The maximum absolute atomic E-state index is 9.00. The van der Waals surface area contributed by atoms with Crippen molar-refractivity contribution < 1.29 is 0 Å². The first-order valence-electron chi connectivity index (χ1n) is 9.17. The van der Waals surface area contributed by atoms with Crippen LogP contribution in [0, 0.1) is 17.2 Å². The molecule has 5 rings (SSSR count). The van der Waals surface area contributed by atoms with Crippen LogP contribution in [-0.4, -0.2) is 29.7 Å². The van der Waals surface area contributed by atoms with Crippen molar-refractivity contribution in [1.29, 1.82) is 5.26 Å². The number of fused-ring (bicyclic) bond motifs is 3. The van der Waals surface area contributed by atoms with Crippen LogP contribution in [-0.2, 0) is 0 Å². The molecule has 0 atom stereocenters. The molecule has 1 fully saturated rings. The van der Waals surface area contributed by atoms with Crippen LogP contribution in [0.25, 0.3) is 33.6 Å². The van der Waals surface area contributed by atoms with Gasteiger partial charge in [-0.15, -0.1) is 0 Å². The number of hydrogen-bond donors (Lipinski definition) is 2. The van der Waals surface area contributed by atoms with Crippen molar-refractivity contribution in [2.45, 2.75) is 38.1 Å². The molecule has 0 aliphatic heterocycles. The number of hydrogen-bond acceptors (Lipinski definition) is 4. The molecular formula is C19H18ClN7. The Morgan fingerprint density at radius 2 is 2.15 bits per heavy atom. The molecule has 1 aliphatic carbocycles. The number of aromatic amines is 2. The first-order chi connectivity index (χ1) is 13.3. The summed E-state index contributed by atoms with van der Waals surface area (Å²) in [6, 6.07) is 4.66. The van der Waals surface area contributed by atoms with Crippen molar-refractivity contribution in [2.24, 2.45) is 5.92 Å². The largest absolute Gasteiger partial charge is 0.346 e. The lowest BCUT2D eigenvalue weighted by Gasteiger charge is -2.29. The minimum Gasteiger partial charge on any atom is -0.346 e. The molecule has 0 aromatic carbocycles. The third-order valence-corrected chi connectivity index (χ3v) is 5.89. The lowest BCUT2D eigenvalue weighted by molar-refractivity contribution is 0.283. The van der Waals surface area contributed by atoms with Crippen LogP contribution < -0.4 is 0 Å². The lowest BCUT2D eigenvalue weighted by Crippen LogP contribution is -2.19. The second kappa shape index (κ2) is 6.39. The quantitative estimate of drug-likeness (QED) is 0.543. The number of nitriles is 1. The molecule has 4 aromatic rings. The number of pyridine rings is 1. The smallest absolute Gasteiger partial charge is 0.163 e. The fourth-order valence-electron chi connectivity index (χ4n) is 4.28. The standard InChI is InChI=1S/C19H18ClN7/c20-14-9-24-26-16(14)19-25-15-10-23-18-13(6-8-22-18)17(15)27(19)12-3-1-11(2-4-12)5-7-21/h6,8-12H,1-5H2,(H,22,23)(H,24,26). The third kappa shape index (κ3) is 2.60. The summed E-state index contributed by atoms with van der Waals surface area (Å²) in [7, 11) is 0. The predicted octanol–water partition coefficient (Wildman–Crippen LogP) is 4.60. The van der Waals surface area contributed by atoms with E-state index in [1.807, 2.05) is 12.3 Å². The maximum atomic E-state index is 9.00. The summed E-state index contributed by atoms with van der Waals surface area (Å²) in [6.07, 6.45) is 10.1. The third-order valence-electron chi connectivity index (χ3n) is 5.60. The van der Waals surface area contributed by atoms with E-state index in [9.17, 15) is 0 Å². The van der Waals surface area contributed by atoms with Crippen molar-refractivity contribution in [3.8, 4) is 17.6 Å². The number of H-pyrrole nitrogens is 2. The van der Waals surface area contributed by atoms with Crippen molar-refractivity contribution in [3.63, 3.8) is 0 Å². The Morgan fingerprint density at radius 1 is 1.30 bits per heavy atom. The first-order valence-corrected chi connectivity index (χ1v) is 9.54. The Morgan fingerprint density at radius 3 is 2.89 bits per heavy atom. The normalized spacial score (nSPS) is 20.3. The highest BCUT2D eigenvalue weighted by Crippen LogP contribution is 2.40. The molecule has 7 nitrogen and oxygen atoms in total. The van der Waals surface area contributed by atoms with Crippen LogP contribution in [0.5, 0.6) is 0 Å². The number of halogens is 1. The van der Waals surface area contributed by atoms with Crippen LogP contribution in [0.15, 0.2) is 24.7 Å². The molecule has 0 radical (unpaired) electrons.